The van der Waals surface area contributed by atoms with Crippen LogP contribution in [0.1, 0.15) is 32.0 Å². The molecular formula is C21H25N3O2S. The molecule has 1 saturated carbocycles. The van der Waals surface area contributed by atoms with E-state index in [1.54, 1.807) is 7.11 Å². The first-order valence-corrected chi connectivity index (χ1v) is 10.4. The van der Waals surface area contributed by atoms with Gasteiger partial charge in [0.15, 0.2) is 0 Å². The van der Waals surface area contributed by atoms with Gasteiger partial charge >= 0.3 is 0 Å². The van der Waals surface area contributed by atoms with Crippen LogP contribution in [0, 0.1) is 5.92 Å². The third-order valence-electron chi connectivity index (χ3n) is 4.93. The van der Waals surface area contributed by atoms with Gasteiger partial charge in [-0.1, -0.05) is 6.92 Å². The smallest absolute Gasteiger partial charge is 0.268 e. The monoisotopic (exact) mass is 383 g/mol. The Hall–Kier alpha value is -2.18. The molecule has 0 aliphatic heterocycles. The molecule has 3 aromatic rings. The van der Waals surface area contributed by atoms with Gasteiger partial charge in [-0.3, -0.25) is 9.69 Å². The number of rotatable bonds is 8. The standard InChI is InChI=1S/C21H25N3O2S/c1-3-10-24(12-14-4-5-14)13-19-22-17-11-18(27-20(17)21(25)23-19)15-6-8-16(26-2)9-7-15/h6-9,11,14H,3-5,10,12-13H2,1-2H3,(H,22,23,25). The molecule has 1 aliphatic rings. The molecule has 0 unspecified atom stereocenters. The van der Waals surface area contributed by atoms with E-state index in [9.17, 15) is 4.79 Å². The SMILES string of the molecule is CCCN(Cc1nc2cc(-c3ccc(OC)cc3)sc2c(=O)[nH]1)CC1CC1. The Morgan fingerprint density at radius 3 is 2.74 bits per heavy atom. The minimum Gasteiger partial charge on any atom is -0.497 e. The summed E-state index contributed by atoms with van der Waals surface area (Å²) in [5.41, 5.74) is 1.82. The number of H-pyrrole nitrogens is 1. The predicted octanol–water partition coefficient (Wildman–Crippen LogP) is 4.28. The van der Waals surface area contributed by atoms with Gasteiger partial charge in [-0.2, -0.15) is 0 Å². The van der Waals surface area contributed by atoms with E-state index in [1.165, 1.54) is 24.2 Å². The van der Waals surface area contributed by atoms with Gasteiger partial charge in [0.1, 0.15) is 16.3 Å². The van der Waals surface area contributed by atoms with Crippen molar-refractivity contribution >= 4 is 21.6 Å². The van der Waals surface area contributed by atoms with Crippen molar-refractivity contribution in [2.45, 2.75) is 32.7 Å². The first-order valence-electron chi connectivity index (χ1n) is 9.55. The van der Waals surface area contributed by atoms with Crippen molar-refractivity contribution in [2.24, 2.45) is 5.92 Å². The molecule has 4 rings (SSSR count). The van der Waals surface area contributed by atoms with Crippen LogP contribution in [0.4, 0.5) is 0 Å². The molecule has 0 amide bonds. The van der Waals surface area contributed by atoms with E-state index in [0.29, 0.717) is 11.2 Å². The Labute approximate surface area is 163 Å². The number of methoxy groups -OCH3 is 1. The zero-order chi connectivity index (χ0) is 18.8. The van der Waals surface area contributed by atoms with E-state index in [-0.39, 0.29) is 5.56 Å². The summed E-state index contributed by atoms with van der Waals surface area (Å²) in [7, 11) is 1.66. The van der Waals surface area contributed by atoms with Gasteiger partial charge < -0.3 is 9.72 Å². The first-order chi connectivity index (χ1) is 13.2. The van der Waals surface area contributed by atoms with Crippen LogP contribution < -0.4 is 10.3 Å². The van der Waals surface area contributed by atoms with Crippen LogP contribution in [0.3, 0.4) is 0 Å². The number of hydrogen-bond acceptors (Lipinski definition) is 5. The normalized spacial score (nSPS) is 14.2. The number of fused-ring (bicyclic) bond motifs is 1. The van der Waals surface area contributed by atoms with E-state index in [4.69, 9.17) is 9.72 Å². The van der Waals surface area contributed by atoms with E-state index in [1.807, 2.05) is 30.3 Å². The Kier molecular flexibility index (Phi) is 5.27. The number of thiophene rings is 1. The summed E-state index contributed by atoms with van der Waals surface area (Å²) in [4.78, 5) is 23.8. The minimum absolute atomic E-state index is 0.0392. The van der Waals surface area contributed by atoms with Crippen molar-refractivity contribution in [3.63, 3.8) is 0 Å². The highest BCUT2D eigenvalue weighted by Crippen LogP contribution is 2.32. The maximum Gasteiger partial charge on any atom is 0.268 e. The second kappa shape index (κ2) is 7.82. The van der Waals surface area contributed by atoms with Crippen molar-refractivity contribution in [3.8, 4) is 16.2 Å². The van der Waals surface area contributed by atoms with E-state index in [2.05, 4.69) is 16.8 Å². The van der Waals surface area contributed by atoms with Crippen molar-refractivity contribution < 1.29 is 4.74 Å². The van der Waals surface area contributed by atoms with Gasteiger partial charge in [0, 0.05) is 11.4 Å². The Balaban J connectivity index is 1.61. The third-order valence-corrected chi connectivity index (χ3v) is 6.11. The lowest BCUT2D eigenvalue weighted by Gasteiger charge is -2.20. The summed E-state index contributed by atoms with van der Waals surface area (Å²) in [5, 5.41) is 0. The summed E-state index contributed by atoms with van der Waals surface area (Å²) < 4.78 is 5.91. The van der Waals surface area contributed by atoms with Crippen LogP contribution in [-0.2, 0) is 6.54 Å². The highest BCUT2D eigenvalue weighted by Gasteiger charge is 2.24. The van der Waals surface area contributed by atoms with Crippen LogP contribution in [0.2, 0.25) is 0 Å². The fraction of sp³-hybridized carbons (Fsp3) is 0.429. The zero-order valence-electron chi connectivity index (χ0n) is 15.8. The molecule has 0 atom stereocenters. The summed E-state index contributed by atoms with van der Waals surface area (Å²) in [6.07, 6.45) is 3.77. The molecule has 0 bridgehead atoms. The van der Waals surface area contributed by atoms with Crippen molar-refractivity contribution in [1.82, 2.24) is 14.9 Å². The highest BCUT2D eigenvalue weighted by atomic mass is 32.1. The summed E-state index contributed by atoms with van der Waals surface area (Å²) in [5.74, 6) is 2.42. The third kappa shape index (κ3) is 4.22. The molecule has 6 heteroatoms. The number of benzene rings is 1. The molecule has 5 nitrogen and oxygen atoms in total. The van der Waals surface area contributed by atoms with Crippen LogP contribution in [0.25, 0.3) is 20.7 Å². The van der Waals surface area contributed by atoms with E-state index < -0.39 is 0 Å². The molecule has 1 aliphatic carbocycles. The molecule has 1 N–H and O–H groups in total. The largest absolute Gasteiger partial charge is 0.497 e. The Morgan fingerprint density at radius 1 is 1.30 bits per heavy atom. The summed E-state index contributed by atoms with van der Waals surface area (Å²) in [6, 6.07) is 9.91. The molecule has 0 radical (unpaired) electrons. The lowest BCUT2D eigenvalue weighted by atomic mass is 10.2. The zero-order valence-corrected chi connectivity index (χ0v) is 16.6. The van der Waals surface area contributed by atoms with Crippen molar-refractivity contribution in [3.05, 3.63) is 46.5 Å². The summed E-state index contributed by atoms with van der Waals surface area (Å²) >= 11 is 1.49. The first kappa shape index (κ1) is 18.2. The van der Waals surface area contributed by atoms with Crippen LogP contribution >= 0.6 is 11.3 Å². The number of aromatic amines is 1. The van der Waals surface area contributed by atoms with Gasteiger partial charge in [0.2, 0.25) is 0 Å². The average Bonchev–Trinajstić information content (AvgIpc) is 3.37. The topological polar surface area (TPSA) is 58.2 Å². The van der Waals surface area contributed by atoms with Gasteiger partial charge in [0.25, 0.3) is 5.56 Å². The molecule has 2 aromatic heterocycles. The second-order valence-electron chi connectivity index (χ2n) is 7.24. The second-order valence-corrected chi connectivity index (χ2v) is 8.30. The highest BCUT2D eigenvalue weighted by molar-refractivity contribution is 7.22. The lowest BCUT2D eigenvalue weighted by Crippen LogP contribution is -2.28. The fourth-order valence-electron chi connectivity index (χ4n) is 3.39. The Bertz CT molecular complexity index is 973. The minimum atomic E-state index is -0.0392. The molecule has 2 heterocycles. The summed E-state index contributed by atoms with van der Waals surface area (Å²) in [6.45, 7) is 5.05. The van der Waals surface area contributed by atoms with Crippen molar-refractivity contribution in [2.75, 3.05) is 20.2 Å². The van der Waals surface area contributed by atoms with Crippen LogP contribution in [0.5, 0.6) is 5.75 Å². The molecule has 1 fully saturated rings. The van der Waals surface area contributed by atoms with Crippen molar-refractivity contribution in [1.29, 1.82) is 0 Å². The number of hydrogen-bond donors (Lipinski definition) is 1. The number of ether oxygens (including phenoxy) is 1. The average molecular weight is 384 g/mol. The maximum absolute atomic E-state index is 12.6. The Morgan fingerprint density at radius 2 is 2.07 bits per heavy atom. The molecule has 1 aromatic carbocycles. The number of nitrogens with one attached hydrogen (secondary N) is 1. The van der Waals surface area contributed by atoms with E-state index >= 15 is 0 Å². The molecule has 142 valence electrons. The van der Waals surface area contributed by atoms with Gasteiger partial charge in [0.05, 0.1) is 19.2 Å². The molecular weight excluding hydrogens is 358 g/mol. The number of nitrogens with zero attached hydrogens (tertiary/aromatic N) is 2. The van der Waals surface area contributed by atoms with E-state index in [0.717, 1.165) is 53.0 Å². The molecule has 0 saturated heterocycles. The number of aromatic nitrogens is 2. The lowest BCUT2D eigenvalue weighted by molar-refractivity contribution is 0.249. The van der Waals surface area contributed by atoms with Gasteiger partial charge in [-0.15, -0.1) is 11.3 Å². The van der Waals surface area contributed by atoms with Gasteiger partial charge in [-0.25, -0.2) is 4.98 Å². The molecule has 0 spiro atoms. The van der Waals surface area contributed by atoms with Crippen LogP contribution in [0.15, 0.2) is 35.1 Å². The van der Waals surface area contributed by atoms with Gasteiger partial charge in [-0.05, 0) is 67.6 Å². The quantitative estimate of drug-likeness (QED) is 0.631. The fourth-order valence-corrected chi connectivity index (χ4v) is 4.39. The van der Waals surface area contributed by atoms with Crippen LogP contribution in [-0.4, -0.2) is 35.1 Å². The molecule has 27 heavy (non-hydrogen) atoms. The maximum atomic E-state index is 12.6. The predicted molar refractivity (Wildman–Crippen MR) is 111 cm³/mol.